The van der Waals surface area contributed by atoms with Crippen LogP contribution in [0.3, 0.4) is 0 Å². The van der Waals surface area contributed by atoms with Crippen LogP contribution in [0.25, 0.3) is 5.70 Å². The van der Waals surface area contributed by atoms with Crippen molar-refractivity contribution in [3.8, 4) is 6.07 Å². The largest absolute Gasteiger partial charge is 0.396 e. The number of allylic oxidation sites excluding steroid dienone is 1. The lowest BCUT2D eigenvalue weighted by Gasteiger charge is -2.01. The molecule has 0 atom stereocenters. The Morgan fingerprint density at radius 2 is 2.13 bits per heavy atom. The fourth-order valence-corrected chi connectivity index (χ4v) is 1.65. The van der Waals surface area contributed by atoms with Crippen LogP contribution in [0.1, 0.15) is 11.4 Å². The summed E-state index contributed by atoms with van der Waals surface area (Å²) in [4.78, 5) is 20.8. The van der Waals surface area contributed by atoms with Crippen LogP contribution in [0.2, 0.25) is 0 Å². The van der Waals surface area contributed by atoms with Crippen molar-refractivity contribution >= 4 is 11.4 Å². The van der Waals surface area contributed by atoms with E-state index in [1.165, 1.54) is 6.07 Å². The second kappa shape index (κ2) is 7.09. The SMILES string of the molecule is N#CC(C=C(N)c1ncc(F)c(=O)[nH]1)=NCc1ccccc1F. The number of nitrogens with zero attached hydrogens (tertiary/aromatic N) is 3. The Morgan fingerprint density at radius 1 is 1.39 bits per heavy atom. The molecule has 23 heavy (non-hydrogen) atoms. The fourth-order valence-electron chi connectivity index (χ4n) is 1.65. The van der Waals surface area contributed by atoms with Crippen LogP contribution in [-0.2, 0) is 6.54 Å². The van der Waals surface area contributed by atoms with Gasteiger partial charge in [-0.05, 0) is 6.07 Å². The van der Waals surface area contributed by atoms with Gasteiger partial charge in [0.05, 0.1) is 18.4 Å². The Balaban J connectivity index is 2.25. The topological polar surface area (TPSA) is 108 Å². The van der Waals surface area contributed by atoms with Crippen LogP contribution in [0, 0.1) is 23.0 Å². The van der Waals surface area contributed by atoms with Gasteiger partial charge in [-0.3, -0.25) is 9.79 Å². The van der Waals surface area contributed by atoms with Crippen LogP contribution in [0.15, 0.2) is 46.3 Å². The lowest BCUT2D eigenvalue weighted by molar-refractivity contribution is 0.599. The van der Waals surface area contributed by atoms with Crippen LogP contribution < -0.4 is 11.3 Å². The van der Waals surface area contributed by atoms with Crippen molar-refractivity contribution in [2.24, 2.45) is 10.7 Å². The average Bonchev–Trinajstić information content (AvgIpc) is 2.55. The third-order valence-electron chi connectivity index (χ3n) is 2.81. The van der Waals surface area contributed by atoms with Gasteiger partial charge in [0, 0.05) is 11.6 Å². The second-order valence-corrected chi connectivity index (χ2v) is 4.41. The Hall–Kier alpha value is -3.34. The highest BCUT2D eigenvalue weighted by molar-refractivity contribution is 6.10. The molecule has 1 aromatic carbocycles. The van der Waals surface area contributed by atoms with E-state index in [1.54, 1.807) is 24.3 Å². The zero-order valence-electron chi connectivity index (χ0n) is 11.8. The summed E-state index contributed by atoms with van der Waals surface area (Å²) in [5.74, 6) is -1.57. The first-order valence-electron chi connectivity index (χ1n) is 6.41. The molecule has 1 aromatic heterocycles. The number of nitrogens with one attached hydrogen (secondary N) is 1. The predicted octanol–water partition coefficient (Wildman–Crippen LogP) is 1.51. The van der Waals surface area contributed by atoms with Gasteiger partial charge in [0.15, 0.2) is 5.82 Å². The van der Waals surface area contributed by atoms with Gasteiger partial charge < -0.3 is 10.7 Å². The minimum atomic E-state index is -1.05. The summed E-state index contributed by atoms with van der Waals surface area (Å²) in [5.41, 5.74) is 4.87. The molecule has 0 spiro atoms. The number of aromatic nitrogens is 2. The van der Waals surface area contributed by atoms with E-state index in [0.29, 0.717) is 5.56 Å². The van der Waals surface area contributed by atoms with E-state index in [4.69, 9.17) is 11.0 Å². The third-order valence-corrected chi connectivity index (χ3v) is 2.81. The Kier molecular flexibility index (Phi) is 4.94. The van der Waals surface area contributed by atoms with Crippen LogP contribution in [-0.4, -0.2) is 15.7 Å². The standard InChI is InChI=1S/C15H11F2N5O/c16-11-4-2-1-3-9(11)7-20-10(6-18)5-13(19)14-21-8-12(17)15(23)22-14/h1-5,8H,7,19H2,(H,21,22,23). The number of nitrogens with two attached hydrogens (primary N) is 1. The smallest absolute Gasteiger partial charge is 0.287 e. The fraction of sp³-hybridized carbons (Fsp3) is 0.0667. The number of H-pyrrole nitrogens is 1. The highest BCUT2D eigenvalue weighted by Crippen LogP contribution is 2.08. The molecule has 0 aliphatic heterocycles. The maximum Gasteiger partial charge on any atom is 0.287 e. The molecular weight excluding hydrogens is 304 g/mol. The molecule has 0 bridgehead atoms. The van der Waals surface area contributed by atoms with Crippen molar-refractivity contribution in [3.63, 3.8) is 0 Å². The molecule has 2 rings (SSSR count). The zero-order valence-corrected chi connectivity index (χ0v) is 11.8. The lowest BCUT2D eigenvalue weighted by Crippen LogP contribution is -2.16. The molecule has 3 N–H and O–H groups in total. The molecule has 1 heterocycles. The van der Waals surface area contributed by atoms with Crippen LogP contribution >= 0.6 is 0 Å². The molecule has 0 aliphatic carbocycles. The predicted molar refractivity (Wildman–Crippen MR) is 80.1 cm³/mol. The maximum absolute atomic E-state index is 13.5. The van der Waals surface area contributed by atoms with Crippen molar-refractivity contribution in [2.45, 2.75) is 6.54 Å². The van der Waals surface area contributed by atoms with Crippen molar-refractivity contribution < 1.29 is 8.78 Å². The van der Waals surface area contributed by atoms with Crippen LogP contribution in [0.4, 0.5) is 8.78 Å². The Labute approximate surface area is 129 Å². The molecule has 0 saturated carbocycles. The molecule has 2 aromatic rings. The van der Waals surface area contributed by atoms with E-state index >= 15 is 0 Å². The minimum absolute atomic E-state index is 0.0489. The first-order chi connectivity index (χ1) is 11.0. The van der Waals surface area contributed by atoms with Crippen LogP contribution in [0.5, 0.6) is 0 Å². The highest BCUT2D eigenvalue weighted by atomic mass is 19.1. The molecule has 6 nitrogen and oxygen atoms in total. The van der Waals surface area contributed by atoms with Gasteiger partial charge in [0.2, 0.25) is 5.82 Å². The van der Waals surface area contributed by atoms with Gasteiger partial charge in [-0.15, -0.1) is 0 Å². The van der Waals surface area contributed by atoms with Gasteiger partial charge in [0.1, 0.15) is 17.6 Å². The van der Waals surface area contributed by atoms with E-state index in [9.17, 15) is 13.6 Å². The van der Waals surface area contributed by atoms with Gasteiger partial charge in [-0.2, -0.15) is 9.65 Å². The summed E-state index contributed by atoms with van der Waals surface area (Å²) < 4.78 is 26.3. The molecule has 0 radical (unpaired) electrons. The summed E-state index contributed by atoms with van der Waals surface area (Å²) in [6.07, 6.45) is 1.88. The summed E-state index contributed by atoms with van der Waals surface area (Å²) in [7, 11) is 0. The number of hydrogen-bond acceptors (Lipinski definition) is 5. The lowest BCUT2D eigenvalue weighted by atomic mass is 10.2. The summed E-state index contributed by atoms with van der Waals surface area (Å²) >= 11 is 0. The minimum Gasteiger partial charge on any atom is -0.396 e. The molecule has 0 fully saturated rings. The third kappa shape index (κ3) is 4.07. The van der Waals surface area contributed by atoms with E-state index in [1.807, 2.05) is 0 Å². The van der Waals surface area contributed by atoms with Gasteiger partial charge in [0.25, 0.3) is 5.56 Å². The number of aliphatic imine (C=N–C) groups is 1. The normalized spacial score (nSPS) is 12.0. The number of halogens is 2. The van der Waals surface area contributed by atoms with Crippen molar-refractivity contribution in [1.29, 1.82) is 5.26 Å². The number of hydrogen-bond donors (Lipinski definition) is 2. The monoisotopic (exact) mass is 315 g/mol. The zero-order chi connectivity index (χ0) is 16.8. The Bertz CT molecular complexity index is 880. The van der Waals surface area contributed by atoms with E-state index in [0.717, 1.165) is 12.3 Å². The molecule has 8 heteroatoms. The number of nitriles is 1. The molecule has 0 saturated heterocycles. The van der Waals surface area contributed by atoms with E-state index in [2.05, 4.69) is 15.0 Å². The number of aromatic amines is 1. The highest BCUT2D eigenvalue weighted by Gasteiger charge is 2.06. The molecule has 0 amide bonds. The van der Waals surface area contributed by atoms with Gasteiger partial charge in [-0.25, -0.2) is 9.37 Å². The van der Waals surface area contributed by atoms with Crippen molar-refractivity contribution in [1.82, 2.24) is 9.97 Å². The second-order valence-electron chi connectivity index (χ2n) is 4.41. The van der Waals surface area contributed by atoms with E-state index in [-0.39, 0.29) is 23.8 Å². The number of rotatable bonds is 4. The molecule has 0 aliphatic rings. The summed E-state index contributed by atoms with van der Waals surface area (Å²) in [5, 5.41) is 9.04. The van der Waals surface area contributed by atoms with Gasteiger partial charge >= 0.3 is 0 Å². The first kappa shape index (κ1) is 16.0. The quantitative estimate of drug-likeness (QED) is 0.834. The Morgan fingerprint density at radius 3 is 2.78 bits per heavy atom. The van der Waals surface area contributed by atoms with Crippen molar-refractivity contribution in [2.75, 3.05) is 0 Å². The average molecular weight is 315 g/mol. The first-order valence-corrected chi connectivity index (χ1v) is 6.41. The van der Waals surface area contributed by atoms with E-state index < -0.39 is 17.2 Å². The summed E-state index contributed by atoms with van der Waals surface area (Å²) in [6, 6.07) is 7.82. The molecule has 116 valence electrons. The van der Waals surface area contributed by atoms with Gasteiger partial charge in [-0.1, -0.05) is 18.2 Å². The summed E-state index contributed by atoms with van der Waals surface area (Å²) in [6.45, 7) is -0.0489. The number of benzene rings is 1. The molecule has 0 unspecified atom stereocenters. The van der Waals surface area contributed by atoms with Crippen molar-refractivity contribution in [3.05, 3.63) is 69.9 Å². The maximum atomic E-state index is 13.5. The molecular formula is C15H11F2N5O.